The van der Waals surface area contributed by atoms with Gasteiger partial charge in [-0.15, -0.1) is 0 Å². The van der Waals surface area contributed by atoms with Crippen LogP contribution in [0.3, 0.4) is 0 Å². The van der Waals surface area contributed by atoms with E-state index in [9.17, 15) is 0 Å². The van der Waals surface area contributed by atoms with Gasteiger partial charge in [-0.3, -0.25) is 0 Å². The molecule has 0 saturated carbocycles. The summed E-state index contributed by atoms with van der Waals surface area (Å²) in [5.74, 6) is 0. The number of hydrogen-bond acceptors (Lipinski definition) is 2. The molecule has 1 aromatic heterocycles. The number of rotatable bonds is 0. The molecule has 0 aliphatic rings. The van der Waals surface area contributed by atoms with Gasteiger partial charge in [0.15, 0.2) is 0 Å². The van der Waals surface area contributed by atoms with E-state index in [1.54, 1.807) is 0 Å². The second-order valence-electron chi connectivity index (χ2n) is 1.28. The maximum absolute atomic E-state index is 5.52. The van der Waals surface area contributed by atoms with Crippen LogP contribution < -0.4 is 0 Å². The molecule has 1 rings (SSSR count). The van der Waals surface area contributed by atoms with Gasteiger partial charge in [-0.25, -0.2) is 9.97 Å². The third-order valence-electron chi connectivity index (χ3n) is 0.636. The van der Waals surface area contributed by atoms with Crippen LogP contribution in [0.15, 0.2) is 6.07 Å². The van der Waals surface area contributed by atoms with Crippen molar-refractivity contribution in [3.63, 3.8) is 0 Å². The first-order valence-electron chi connectivity index (χ1n) is 2.04. The Labute approximate surface area is 84.7 Å². The van der Waals surface area contributed by atoms with Crippen LogP contribution in [-0.2, 0) is 0 Å². The Morgan fingerprint density at radius 3 is 2.00 bits per heavy atom. The zero-order chi connectivity index (χ0) is 6.85. The first-order chi connectivity index (χ1) is 4.18. The lowest BCUT2D eigenvalue weighted by molar-refractivity contribution is 1.11. The first kappa shape index (κ1) is 7.93. The fourth-order valence-electron chi connectivity index (χ4n) is 0.364. The van der Waals surface area contributed by atoms with Gasteiger partial charge in [-0.05, 0) is 56.8 Å². The molecule has 9 heavy (non-hydrogen) atoms. The average Bonchev–Trinajstić information content (AvgIpc) is 1.59. The Morgan fingerprint density at radius 2 is 1.67 bits per heavy atom. The van der Waals surface area contributed by atoms with Gasteiger partial charge in [-0.2, -0.15) is 0 Å². The summed E-state index contributed by atoms with van der Waals surface area (Å²) in [4.78, 5) is 7.74. The standard InChI is InChI=1S/C4HClI2N2/c5-4-8-2(6)1-3(7)9-4/h1H. The fourth-order valence-corrected chi connectivity index (χ4v) is 2.47. The lowest BCUT2D eigenvalue weighted by Gasteiger charge is -1.90. The van der Waals surface area contributed by atoms with Gasteiger partial charge in [0.05, 0.1) is 0 Å². The molecule has 0 aliphatic heterocycles. The zero-order valence-corrected chi connectivity index (χ0v) is 9.18. The largest absolute Gasteiger partial charge is 0.224 e. The van der Waals surface area contributed by atoms with Crippen molar-refractivity contribution in [1.82, 2.24) is 9.97 Å². The Morgan fingerprint density at radius 1 is 1.22 bits per heavy atom. The topological polar surface area (TPSA) is 25.8 Å². The van der Waals surface area contributed by atoms with Crippen molar-refractivity contribution in [2.75, 3.05) is 0 Å². The van der Waals surface area contributed by atoms with E-state index in [4.69, 9.17) is 11.6 Å². The second-order valence-corrected chi connectivity index (χ2v) is 3.83. The highest BCUT2D eigenvalue weighted by Crippen LogP contribution is 2.09. The third kappa shape index (κ3) is 2.50. The van der Waals surface area contributed by atoms with Crippen LogP contribution in [0.5, 0.6) is 0 Å². The molecular formula is C4HClI2N2. The highest BCUT2D eigenvalue weighted by atomic mass is 127. The van der Waals surface area contributed by atoms with Crippen molar-refractivity contribution < 1.29 is 0 Å². The normalized spacial score (nSPS) is 9.67. The quantitative estimate of drug-likeness (QED) is 0.400. The van der Waals surface area contributed by atoms with Gasteiger partial charge in [0, 0.05) is 6.07 Å². The van der Waals surface area contributed by atoms with Crippen LogP contribution in [0, 0.1) is 7.40 Å². The van der Waals surface area contributed by atoms with Crippen molar-refractivity contribution in [2.24, 2.45) is 0 Å². The summed E-state index contributed by atoms with van der Waals surface area (Å²) in [6, 6.07) is 1.85. The average molecular weight is 366 g/mol. The van der Waals surface area contributed by atoms with Crippen molar-refractivity contribution in [3.8, 4) is 0 Å². The van der Waals surface area contributed by atoms with Gasteiger partial charge in [0.1, 0.15) is 7.40 Å². The van der Waals surface area contributed by atoms with Crippen molar-refractivity contribution in [3.05, 3.63) is 18.8 Å². The molecule has 1 aromatic rings. The van der Waals surface area contributed by atoms with Crippen molar-refractivity contribution in [1.29, 1.82) is 0 Å². The molecule has 5 heteroatoms. The van der Waals surface area contributed by atoms with Gasteiger partial charge < -0.3 is 0 Å². The predicted octanol–water partition coefficient (Wildman–Crippen LogP) is 2.34. The molecule has 0 radical (unpaired) electrons. The Hall–Kier alpha value is 0.830. The molecule has 0 amide bonds. The summed E-state index contributed by atoms with van der Waals surface area (Å²) in [6.07, 6.45) is 0. The Balaban J connectivity index is 3.17. The van der Waals surface area contributed by atoms with E-state index in [0.29, 0.717) is 5.28 Å². The number of aromatic nitrogens is 2. The number of halogens is 3. The third-order valence-corrected chi connectivity index (χ3v) is 1.91. The molecule has 0 aromatic carbocycles. The van der Waals surface area contributed by atoms with Crippen molar-refractivity contribution >= 4 is 56.8 Å². The molecule has 0 aliphatic carbocycles. The van der Waals surface area contributed by atoms with Crippen LogP contribution >= 0.6 is 56.8 Å². The summed E-state index contributed by atoms with van der Waals surface area (Å²) in [5, 5.41) is 0.311. The minimum Gasteiger partial charge on any atom is -0.212 e. The molecular weight excluding hydrogens is 365 g/mol. The SMILES string of the molecule is Clc1nc(I)cc(I)n1. The maximum Gasteiger partial charge on any atom is 0.224 e. The smallest absolute Gasteiger partial charge is 0.212 e. The maximum atomic E-state index is 5.52. The van der Waals surface area contributed by atoms with Crippen LogP contribution in [0.1, 0.15) is 0 Å². The highest BCUT2D eigenvalue weighted by molar-refractivity contribution is 14.1. The van der Waals surface area contributed by atoms with E-state index in [0.717, 1.165) is 7.40 Å². The molecule has 0 atom stereocenters. The number of hydrogen-bond donors (Lipinski definition) is 0. The monoisotopic (exact) mass is 366 g/mol. The molecule has 0 spiro atoms. The summed E-state index contributed by atoms with van der Waals surface area (Å²) in [7, 11) is 0. The van der Waals surface area contributed by atoms with Gasteiger partial charge in [0.25, 0.3) is 0 Å². The van der Waals surface area contributed by atoms with Gasteiger partial charge in [0.2, 0.25) is 5.28 Å². The Kier molecular flexibility index (Phi) is 2.90. The molecule has 0 fully saturated rings. The molecule has 0 bridgehead atoms. The first-order valence-corrected chi connectivity index (χ1v) is 4.57. The van der Waals surface area contributed by atoms with E-state index in [1.165, 1.54) is 0 Å². The molecule has 0 saturated heterocycles. The van der Waals surface area contributed by atoms with Crippen LogP contribution in [0.2, 0.25) is 5.28 Å². The van der Waals surface area contributed by atoms with E-state index in [1.807, 2.05) is 6.07 Å². The predicted molar refractivity (Wildman–Crippen MR) is 52.5 cm³/mol. The summed E-state index contributed by atoms with van der Waals surface area (Å²) < 4.78 is 1.74. The zero-order valence-electron chi connectivity index (χ0n) is 4.11. The minimum atomic E-state index is 0.311. The lowest BCUT2D eigenvalue weighted by atomic mass is 10.7. The highest BCUT2D eigenvalue weighted by Gasteiger charge is 1.94. The molecule has 1 heterocycles. The van der Waals surface area contributed by atoms with E-state index < -0.39 is 0 Å². The summed E-state index contributed by atoms with van der Waals surface area (Å²) in [5.41, 5.74) is 0. The van der Waals surface area contributed by atoms with E-state index >= 15 is 0 Å². The van der Waals surface area contributed by atoms with Gasteiger partial charge >= 0.3 is 0 Å². The van der Waals surface area contributed by atoms with Crippen molar-refractivity contribution in [2.45, 2.75) is 0 Å². The molecule has 0 N–H and O–H groups in total. The Bertz CT molecular complexity index is 177. The summed E-state index contributed by atoms with van der Waals surface area (Å²) in [6.45, 7) is 0. The van der Waals surface area contributed by atoms with Crippen LogP contribution in [0.25, 0.3) is 0 Å². The number of nitrogens with zero attached hydrogens (tertiary/aromatic N) is 2. The molecule has 0 unspecified atom stereocenters. The molecule has 2 nitrogen and oxygen atoms in total. The minimum absolute atomic E-state index is 0.311. The second kappa shape index (κ2) is 3.29. The lowest BCUT2D eigenvalue weighted by Crippen LogP contribution is -1.87. The van der Waals surface area contributed by atoms with E-state index in [-0.39, 0.29) is 0 Å². The van der Waals surface area contributed by atoms with Gasteiger partial charge in [-0.1, -0.05) is 0 Å². The fraction of sp³-hybridized carbons (Fsp3) is 0. The molecule has 48 valence electrons. The van der Waals surface area contributed by atoms with E-state index in [2.05, 4.69) is 55.1 Å². The summed E-state index contributed by atoms with van der Waals surface area (Å²) >= 11 is 9.70. The van der Waals surface area contributed by atoms with Crippen LogP contribution in [0.4, 0.5) is 0 Å². The van der Waals surface area contributed by atoms with Crippen LogP contribution in [-0.4, -0.2) is 9.97 Å².